The van der Waals surface area contributed by atoms with Crippen LogP contribution in [0.5, 0.6) is 0 Å². The van der Waals surface area contributed by atoms with Crippen LogP contribution in [0.4, 0.5) is 0 Å². The fourth-order valence-electron chi connectivity index (χ4n) is 1.32. The lowest BCUT2D eigenvalue weighted by molar-refractivity contribution is -0.129. The van der Waals surface area contributed by atoms with Gasteiger partial charge >= 0.3 is 0 Å². The van der Waals surface area contributed by atoms with Crippen LogP contribution in [0.2, 0.25) is 0 Å². The molecule has 0 unspecified atom stereocenters. The summed E-state index contributed by atoms with van der Waals surface area (Å²) >= 11 is 0. The van der Waals surface area contributed by atoms with Crippen LogP contribution in [-0.4, -0.2) is 49.4 Å². The van der Waals surface area contributed by atoms with Gasteiger partial charge < -0.3 is 4.90 Å². The van der Waals surface area contributed by atoms with Gasteiger partial charge in [0.15, 0.2) is 0 Å². The SMILES string of the molecule is C#CCCCN(CCC)CC(=O)N(C)C. The van der Waals surface area contributed by atoms with Crippen molar-refractivity contribution < 1.29 is 4.79 Å². The lowest BCUT2D eigenvalue weighted by Gasteiger charge is -2.22. The molecule has 15 heavy (non-hydrogen) atoms. The Balaban J connectivity index is 3.93. The highest BCUT2D eigenvalue weighted by atomic mass is 16.2. The lowest BCUT2D eigenvalue weighted by Crippen LogP contribution is -2.37. The van der Waals surface area contributed by atoms with Crippen LogP contribution in [0.25, 0.3) is 0 Å². The molecule has 0 aliphatic carbocycles. The van der Waals surface area contributed by atoms with Crippen molar-refractivity contribution in [3.8, 4) is 12.3 Å². The molecule has 3 nitrogen and oxygen atoms in total. The number of hydrogen-bond acceptors (Lipinski definition) is 2. The van der Waals surface area contributed by atoms with Gasteiger partial charge in [-0.2, -0.15) is 0 Å². The Bertz CT molecular complexity index is 218. The van der Waals surface area contributed by atoms with E-state index >= 15 is 0 Å². The van der Waals surface area contributed by atoms with Crippen LogP contribution < -0.4 is 0 Å². The number of amides is 1. The number of carbonyl (C=O) groups excluding carboxylic acids is 1. The monoisotopic (exact) mass is 210 g/mol. The molecule has 1 amide bonds. The van der Waals surface area contributed by atoms with E-state index in [1.54, 1.807) is 19.0 Å². The molecule has 0 bridgehead atoms. The first-order valence-corrected chi connectivity index (χ1v) is 5.47. The van der Waals surface area contributed by atoms with Crippen LogP contribution in [-0.2, 0) is 4.79 Å². The molecule has 0 radical (unpaired) electrons. The van der Waals surface area contributed by atoms with E-state index in [-0.39, 0.29) is 5.91 Å². The van der Waals surface area contributed by atoms with Gasteiger partial charge in [0.2, 0.25) is 5.91 Å². The molecule has 86 valence electrons. The lowest BCUT2D eigenvalue weighted by atomic mass is 10.3. The van der Waals surface area contributed by atoms with E-state index in [1.807, 2.05) is 0 Å². The molecule has 0 aromatic carbocycles. The van der Waals surface area contributed by atoms with Gasteiger partial charge in [0.25, 0.3) is 0 Å². The van der Waals surface area contributed by atoms with Crippen molar-refractivity contribution in [3.63, 3.8) is 0 Å². The van der Waals surface area contributed by atoms with Crippen molar-refractivity contribution in [1.29, 1.82) is 0 Å². The van der Waals surface area contributed by atoms with Crippen LogP contribution in [0.3, 0.4) is 0 Å². The number of likely N-dealkylation sites (N-methyl/N-ethyl adjacent to an activating group) is 1. The fourth-order valence-corrected chi connectivity index (χ4v) is 1.32. The summed E-state index contributed by atoms with van der Waals surface area (Å²) < 4.78 is 0. The van der Waals surface area contributed by atoms with Gasteiger partial charge in [-0.05, 0) is 25.9 Å². The Kier molecular flexibility index (Phi) is 7.75. The third-order valence-corrected chi connectivity index (χ3v) is 2.19. The van der Waals surface area contributed by atoms with Crippen LogP contribution in [0.15, 0.2) is 0 Å². The second-order valence-corrected chi connectivity index (χ2v) is 3.87. The maximum absolute atomic E-state index is 11.5. The van der Waals surface area contributed by atoms with Gasteiger partial charge in [0, 0.05) is 20.5 Å². The quantitative estimate of drug-likeness (QED) is 0.465. The molecule has 0 spiro atoms. The average molecular weight is 210 g/mol. The van der Waals surface area contributed by atoms with Crippen LogP contribution >= 0.6 is 0 Å². The zero-order valence-corrected chi connectivity index (χ0v) is 10.1. The molecular formula is C12H22N2O. The predicted molar refractivity (Wildman–Crippen MR) is 63.5 cm³/mol. The molecule has 0 aliphatic rings. The normalized spacial score (nSPS) is 10.1. The van der Waals surface area contributed by atoms with E-state index in [9.17, 15) is 4.79 Å². The second-order valence-electron chi connectivity index (χ2n) is 3.87. The van der Waals surface area contributed by atoms with Gasteiger partial charge in [-0.15, -0.1) is 12.3 Å². The average Bonchev–Trinajstić information content (AvgIpc) is 2.18. The second kappa shape index (κ2) is 8.31. The van der Waals surface area contributed by atoms with E-state index in [0.29, 0.717) is 6.54 Å². The highest BCUT2D eigenvalue weighted by Gasteiger charge is 2.10. The first-order valence-electron chi connectivity index (χ1n) is 5.47. The van der Waals surface area contributed by atoms with Gasteiger partial charge in [-0.1, -0.05) is 6.92 Å². The molecule has 0 N–H and O–H groups in total. The third-order valence-electron chi connectivity index (χ3n) is 2.19. The molecule has 0 atom stereocenters. The van der Waals surface area contributed by atoms with Crippen LogP contribution in [0, 0.1) is 12.3 Å². The summed E-state index contributed by atoms with van der Waals surface area (Å²) in [5, 5.41) is 0. The molecule has 0 aromatic rings. The summed E-state index contributed by atoms with van der Waals surface area (Å²) in [4.78, 5) is 15.3. The molecule has 0 saturated carbocycles. The maximum atomic E-state index is 11.5. The molecular weight excluding hydrogens is 188 g/mol. The van der Waals surface area contributed by atoms with E-state index in [2.05, 4.69) is 17.7 Å². The summed E-state index contributed by atoms with van der Waals surface area (Å²) in [7, 11) is 3.57. The Morgan fingerprint density at radius 2 is 2.00 bits per heavy atom. The van der Waals surface area contributed by atoms with Crippen molar-refractivity contribution in [1.82, 2.24) is 9.80 Å². The molecule has 0 saturated heterocycles. The fraction of sp³-hybridized carbons (Fsp3) is 0.750. The molecule has 0 aliphatic heterocycles. The van der Waals surface area contributed by atoms with Crippen LogP contribution in [0.1, 0.15) is 26.2 Å². The molecule has 3 heteroatoms. The zero-order valence-electron chi connectivity index (χ0n) is 10.1. The largest absolute Gasteiger partial charge is 0.348 e. The standard InChI is InChI=1S/C12H22N2O/c1-5-7-8-10-14(9-6-2)11-12(15)13(3)4/h1H,6-11H2,2-4H3. The number of carbonyl (C=O) groups is 1. The summed E-state index contributed by atoms with van der Waals surface area (Å²) in [5.74, 6) is 2.78. The summed E-state index contributed by atoms with van der Waals surface area (Å²) in [6.07, 6.45) is 8.02. The van der Waals surface area contributed by atoms with Crippen molar-refractivity contribution in [2.75, 3.05) is 33.7 Å². The number of nitrogens with zero attached hydrogens (tertiary/aromatic N) is 2. The molecule has 0 aromatic heterocycles. The number of hydrogen-bond donors (Lipinski definition) is 0. The summed E-state index contributed by atoms with van der Waals surface area (Å²) in [6.45, 7) is 4.50. The Morgan fingerprint density at radius 1 is 1.33 bits per heavy atom. The van der Waals surface area contributed by atoms with Gasteiger partial charge in [0.1, 0.15) is 0 Å². The van der Waals surface area contributed by atoms with Crippen molar-refractivity contribution >= 4 is 5.91 Å². The highest BCUT2D eigenvalue weighted by Crippen LogP contribution is 1.97. The minimum atomic E-state index is 0.157. The third kappa shape index (κ3) is 6.98. The van der Waals surface area contributed by atoms with Crippen molar-refractivity contribution in [3.05, 3.63) is 0 Å². The predicted octanol–water partition coefficient (Wildman–Crippen LogP) is 1.20. The Labute approximate surface area is 93.4 Å². The number of terminal acetylenes is 1. The summed E-state index contributed by atoms with van der Waals surface area (Å²) in [6, 6.07) is 0. The summed E-state index contributed by atoms with van der Waals surface area (Å²) in [5.41, 5.74) is 0. The molecule has 0 fully saturated rings. The first kappa shape index (κ1) is 14.0. The smallest absolute Gasteiger partial charge is 0.236 e. The number of unbranched alkanes of at least 4 members (excludes halogenated alkanes) is 1. The minimum absolute atomic E-state index is 0.157. The highest BCUT2D eigenvalue weighted by molar-refractivity contribution is 5.77. The molecule has 0 rings (SSSR count). The van der Waals surface area contributed by atoms with Gasteiger partial charge in [-0.3, -0.25) is 9.69 Å². The van der Waals surface area contributed by atoms with E-state index in [0.717, 1.165) is 32.4 Å². The number of rotatable bonds is 7. The zero-order chi connectivity index (χ0) is 11.7. The first-order chi connectivity index (χ1) is 7.11. The van der Waals surface area contributed by atoms with Gasteiger partial charge in [0.05, 0.1) is 6.54 Å². The van der Waals surface area contributed by atoms with Gasteiger partial charge in [-0.25, -0.2) is 0 Å². The van der Waals surface area contributed by atoms with E-state index in [4.69, 9.17) is 6.42 Å². The van der Waals surface area contributed by atoms with Crippen molar-refractivity contribution in [2.24, 2.45) is 0 Å². The van der Waals surface area contributed by atoms with E-state index < -0.39 is 0 Å². The van der Waals surface area contributed by atoms with E-state index in [1.165, 1.54) is 0 Å². The topological polar surface area (TPSA) is 23.6 Å². The Morgan fingerprint density at radius 3 is 2.47 bits per heavy atom. The maximum Gasteiger partial charge on any atom is 0.236 e. The van der Waals surface area contributed by atoms with Crippen molar-refractivity contribution in [2.45, 2.75) is 26.2 Å². The Hall–Kier alpha value is -1.01. The minimum Gasteiger partial charge on any atom is -0.348 e. The molecule has 0 heterocycles.